The minimum absolute atomic E-state index is 0.0352. The zero-order chi connectivity index (χ0) is 30.5. The van der Waals surface area contributed by atoms with E-state index in [4.69, 9.17) is 34.2 Å². The fraction of sp³-hybridized carbons (Fsp3) is 0.967. The second-order valence-corrected chi connectivity index (χ2v) is 10.2. The molecule has 0 saturated carbocycles. The number of hydrogen-bond acceptors (Lipinski definition) is 9. The first-order chi connectivity index (χ1) is 19.2. The predicted octanol–water partition coefficient (Wildman–Crippen LogP) is 4.81. The lowest BCUT2D eigenvalue weighted by atomic mass is 9.88. The third kappa shape index (κ3) is 11.1. The van der Waals surface area contributed by atoms with Gasteiger partial charge in [-0.2, -0.15) is 0 Å². The van der Waals surface area contributed by atoms with Crippen LogP contribution in [0.4, 0.5) is 0 Å². The molecule has 4 N–H and O–H groups in total. The average Bonchev–Trinajstić information content (AvgIpc) is 2.89. The quantitative estimate of drug-likeness (QED) is 0.0880. The van der Waals surface area contributed by atoms with Gasteiger partial charge in [-0.1, -0.05) is 51.9 Å². The summed E-state index contributed by atoms with van der Waals surface area (Å²) in [6, 6.07) is 0. The molecule has 0 spiro atoms. The summed E-state index contributed by atoms with van der Waals surface area (Å²) in [5.41, 5.74) is 6.12. The molecule has 10 nitrogen and oxygen atoms in total. The third-order valence-electron chi connectivity index (χ3n) is 6.87. The van der Waals surface area contributed by atoms with Gasteiger partial charge in [0.1, 0.15) is 0 Å². The molecule has 0 radical (unpaired) electrons. The van der Waals surface area contributed by atoms with Crippen molar-refractivity contribution in [3.8, 4) is 0 Å². The number of unbranched alkanes of at least 4 members (excludes halogenated alkanes) is 7. The summed E-state index contributed by atoms with van der Waals surface area (Å²) in [4.78, 5) is 13.6. The molecule has 0 bridgehead atoms. The van der Waals surface area contributed by atoms with Gasteiger partial charge in [0, 0.05) is 46.1 Å². The summed E-state index contributed by atoms with van der Waals surface area (Å²) >= 11 is 0. The van der Waals surface area contributed by atoms with Crippen molar-refractivity contribution in [2.24, 2.45) is 5.73 Å². The fourth-order valence-electron chi connectivity index (χ4n) is 5.11. The number of rotatable bonds is 28. The Morgan fingerprint density at radius 2 is 1.12 bits per heavy atom. The predicted molar refractivity (Wildman–Crippen MR) is 156 cm³/mol. The molecular formula is C30H61NO9. The molecule has 4 unspecified atom stereocenters. The highest BCUT2D eigenvalue weighted by Gasteiger charge is 2.74. The molecule has 10 heteroatoms. The first kappa shape index (κ1) is 39.1. The van der Waals surface area contributed by atoms with Gasteiger partial charge in [-0.3, -0.25) is 4.79 Å². The molecule has 0 aliphatic rings. The lowest BCUT2D eigenvalue weighted by Gasteiger charge is -2.55. The highest BCUT2D eigenvalue weighted by molar-refractivity contribution is 5.83. The van der Waals surface area contributed by atoms with Gasteiger partial charge in [0.2, 0.25) is 5.79 Å². The van der Waals surface area contributed by atoms with Crippen LogP contribution in [0.1, 0.15) is 119 Å². The molecule has 0 heterocycles. The molecule has 1 amide bonds. The van der Waals surface area contributed by atoms with E-state index in [0.29, 0.717) is 12.8 Å². The van der Waals surface area contributed by atoms with Crippen molar-refractivity contribution in [1.29, 1.82) is 0 Å². The van der Waals surface area contributed by atoms with Crippen molar-refractivity contribution in [1.82, 2.24) is 0 Å². The number of aliphatic hydroxyl groups is 2. The van der Waals surface area contributed by atoms with Crippen molar-refractivity contribution >= 4 is 5.91 Å². The minimum atomic E-state index is -2.31. The molecule has 40 heavy (non-hydrogen) atoms. The molecule has 0 aromatic rings. The van der Waals surface area contributed by atoms with Gasteiger partial charge < -0.3 is 44.4 Å². The maximum Gasteiger partial charge on any atom is 0.311 e. The van der Waals surface area contributed by atoms with Gasteiger partial charge in [0.15, 0.2) is 0 Å². The van der Waals surface area contributed by atoms with Crippen LogP contribution in [0.15, 0.2) is 0 Å². The average molecular weight is 580 g/mol. The number of nitrogens with two attached hydrogens (primary N) is 1. The maximum atomic E-state index is 13.6. The summed E-state index contributed by atoms with van der Waals surface area (Å²) in [7, 11) is 0. The standard InChI is InChI=1S/C30H61NO9/c1-8-13-14-15-16-17-18-19-22-28(35-9-2,36-10-3)30(38-12-5,40-26(7)21-24-33)29(27(31)34,37-11-4)39-25(6)20-23-32/h25-26,32-33H,8-24H2,1-7H3,(H2,31,34). The van der Waals surface area contributed by atoms with E-state index in [1.165, 1.54) is 25.7 Å². The Bertz CT molecular complexity index is 632. The SMILES string of the molecule is CCCCCCCCCCC(OCC)(OCC)C(OCC)(OC(C)CCO)C(OCC)(OC(C)CCO)C(N)=O. The highest BCUT2D eigenvalue weighted by Crippen LogP contribution is 2.48. The Morgan fingerprint density at radius 3 is 1.55 bits per heavy atom. The van der Waals surface area contributed by atoms with E-state index in [0.717, 1.165) is 19.3 Å². The van der Waals surface area contributed by atoms with E-state index in [-0.39, 0.29) is 52.5 Å². The molecule has 4 atom stereocenters. The van der Waals surface area contributed by atoms with Gasteiger partial charge in [-0.05, 0) is 60.8 Å². The Kier molecular flexibility index (Phi) is 21.3. The summed E-state index contributed by atoms with van der Waals surface area (Å²) in [5.74, 6) is -7.03. The van der Waals surface area contributed by atoms with Crippen LogP contribution in [-0.2, 0) is 33.2 Å². The first-order valence-electron chi connectivity index (χ1n) is 15.6. The van der Waals surface area contributed by atoms with Crippen LogP contribution >= 0.6 is 0 Å². The van der Waals surface area contributed by atoms with E-state index in [2.05, 4.69) is 6.92 Å². The summed E-state index contributed by atoms with van der Waals surface area (Å²) in [6.45, 7) is 13.1. The number of hydrogen-bond donors (Lipinski definition) is 3. The maximum absolute atomic E-state index is 13.6. The molecule has 0 rings (SSSR count). The topological polar surface area (TPSA) is 139 Å². The van der Waals surface area contributed by atoms with Crippen molar-refractivity contribution in [2.45, 2.75) is 149 Å². The lowest BCUT2D eigenvalue weighted by Crippen LogP contribution is -2.78. The van der Waals surface area contributed by atoms with Crippen LogP contribution in [0.5, 0.6) is 0 Å². The number of primary amides is 1. The lowest BCUT2D eigenvalue weighted by molar-refractivity contribution is -0.493. The summed E-state index contributed by atoms with van der Waals surface area (Å²) in [6.07, 6.45) is 8.20. The second kappa shape index (κ2) is 21.8. The van der Waals surface area contributed by atoms with E-state index in [1.807, 2.05) is 13.8 Å². The Labute approximate surface area is 243 Å². The monoisotopic (exact) mass is 579 g/mol. The van der Waals surface area contributed by atoms with Gasteiger partial charge in [0.25, 0.3) is 11.7 Å². The van der Waals surface area contributed by atoms with Crippen molar-refractivity contribution in [2.75, 3.05) is 39.6 Å². The van der Waals surface area contributed by atoms with E-state index < -0.39 is 35.5 Å². The molecule has 0 saturated heterocycles. The van der Waals surface area contributed by atoms with Gasteiger partial charge >= 0.3 is 5.79 Å². The molecule has 0 aliphatic carbocycles. The third-order valence-corrected chi connectivity index (χ3v) is 6.87. The Hall–Kier alpha value is -0.850. The zero-order valence-electron chi connectivity index (χ0n) is 26.5. The Balaban J connectivity index is 6.97. The smallest absolute Gasteiger partial charge is 0.311 e. The molecule has 0 aliphatic heterocycles. The van der Waals surface area contributed by atoms with Crippen molar-refractivity contribution in [3.05, 3.63) is 0 Å². The zero-order valence-corrected chi connectivity index (χ0v) is 26.5. The number of ether oxygens (including phenoxy) is 6. The highest BCUT2D eigenvalue weighted by atomic mass is 16.8. The van der Waals surface area contributed by atoms with Gasteiger partial charge in [0.05, 0.1) is 12.2 Å². The number of carbonyl (C=O) groups excluding carboxylic acids is 1. The van der Waals surface area contributed by atoms with Crippen LogP contribution in [0, 0.1) is 0 Å². The van der Waals surface area contributed by atoms with E-state index in [9.17, 15) is 15.0 Å². The summed E-state index contributed by atoms with van der Waals surface area (Å²) < 4.78 is 38.4. The van der Waals surface area contributed by atoms with Crippen LogP contribution in [0.3, 0.4) is 0 Å². The van der Waals surface area contributed by atoms with E-state index >= 15 is 0 Å². The number of carbonyl (C=O) groups is 1. The van der Waals surface area contributed by atoms with Crippen molar-refractivity contribution < 1.29 is 43.4 Å². The van der Waals surface area contributed by atoms with E-state index in [1.54, 1.807) is 27.7 Å². The van der Waals surface area contributed by atoms with Crippen LogP contribution in [0.2, 0.25) is 0 Å². The van der Waals surface area contributed by atoms with Crippen LogP contribution in [0.25, 0.3) is 0 Å². The molecule has 240 valence electrons. The number of aliphatic hydroxyl groups excluding tert-OH is 2. The van der Waals surface area contributed by atoms with Crippen LogP contribution in [-0.4, -0.2) is 85.3 Å². The molecule has 0 fully saturated rings. The summed E-state index contributed by atoms with van der Waals surface area (Å²) in [5, 5.41) is 19.3. The number of amides is 1. The van der Waals surface area contributed by atoms with Crippen LogP contribution < -0.4 is 5.73 Å². The van der Waals surface area contributed by atoms with Gasteiger partial charge in [-0.15, -0.1) is 0 Å². The first-order valence-corrected chi connectivity index (χ1v) is 15.6. The fourth-order valence-corrected chi connectivity index (χ4v) is 5.11. The normalized spacial score (nSPS) is 16.8. The Morgan fingerprint density at radius 1 is 0.675 bits per heavy atom. The minimum Gasteiger partial charge on any atom is -0.396 e. The molecular weight excluding hydrogens is 518 g/mol. The van der Waals surface area contributed by atoms with Gasteiger partial charge in [-0.25, -0.2) is 0 Å². The largest absolute Gasteiger partial charge is 0.396 e. The molecule has 0 aromatic heterocycles. The second-order valence-electron chi connectivity index (χ2n) is 10.2. The molecule has 0 aromatic carbocycles. The van der Waals surface area contributed by atoms with Crippen molar-refractivity contribution in [3.63, 3.8) is 0 Å².